The zero-order valence-electron chi connectivity index (χ0n) is 14.8. The molecule has 1 unspecified atom stereocenters. The van der Waals surface area contributed by atoms with Gasteiger partial charge in [0.05, 0.1) is 5.41 Å². The normalized spacial score (nSPS) is 27.7. The van der Waals surface area contributed by atoms with Crippen LogP contribution in [0, 0.1) is 16.2 Å². The summed E-state index contributed by atoms with van der Waals surface area (Å²) in [5.74, 6) is 0.145. The van der Waals surface area contributed by atoms with Crippen LogP contribution in [0.15, 0.2) is 29.8 Å². The molecule has 0 aromatic heterocycles. The zero-order chi connectivity index (χ0) is 17.0. The van der Waals surface area contributed by atoms with Crippen molar-refractivity contribution in [1.29, 1.82) is 0 Å². The van der Waals surface area contributed by atoms with E-state index in [1.165, 1.54) is 16.7 Å². The van der Waals surface area contributed by atoms with Crippen molar-refractivity contribution < 1.29 is 9.59 Å². The van der Waals surface area contributed by atoms with Crippen molar-refractivity contribution in [3.05, 3.63) is 41.0 Å². The van der Waals surface area contributed by atoms with Crippen molar-refractivity contribution in [2.45, 2.75) is 53.9 Å². The third-order valence-electron chi connectivity index (χ3n) is 6.76. The summed E-state index contributed by atoms with van der Waals surface area (Å²) in [5, 5.41) is 0. The van der Waals surface area contributed by atoms with Crippen molar-refractivity contribution in [2.75, 3.05) is 0 Å². The summed E-state index contributed by atoms with van der Waals surface area (Å²) in [6.07, 6.45) is 4.08. The van der Waals surface area contributed by atoms with Gasteiger partial charge < -0.3 is 0 Å². The lowest BCUT2D eigenvalue weighted by Gasteiger charge is -2.45. The van der Waals surface area contributed by atoms with Crippen LogP contribution in [0.3, 0.4) is 0 Å². The van der Waals surface area contributed by atoms with E-state index in [2.05, 4.69) is 45.9 Å². The molecule has 1 atom stereocenters. The first-order valence-corrected chi connectivity index (χ1v) is 8.43. The topological polar surface area (TPSA) is 34.1 Å². The maximum Gasteiger partial charge on any atom is 0.147 e. The van der Waals surface area contributed by atoms with Crippen molar-refractivity contribution >= 4 is 17.6 Å². The Labute approximate surface area is 139 Å². The van der Waals surface area contributed by atoms with Crippen molar-refractivity contribution in [3.8, 4) is 0 Å². The van der Waals surface area contributed by atoms with Crippen LogP contribution < -0.4 is 0 Å². The monoisotopic (exact) mass is 310 g/mol. The van der Waals surface area contributed by atoms with Crippen LogP contribution in [0.25, 0.3) is 6.08 Å². The SMILES string of the molecule is CC(=O)C1(CC2=Cc3ccccc3C2)C(=O)CC(C)(C)C1(C)C. The molecule has 0 amide bonds. The van der Waals surface area contributed by atoms with E-state index in [0.717, 1.165) is 6.42 Å². The Morgan fingerprint density at radius 3 is 2.30 bits per heavy atom. The maximum absolute atomic E-state index is 13.0. The van der Waals surface area contributed by atoms with E-state index in [1.807, 2.05) is 12.1 Å². The predicted molar refractivity (Wildman–Crippen MR) is 93.0 cm³/mol. The molecule has 0 bridgehead atoms. The molecule has 23 heavy (non-hydrogen) atoms. The number of allylic oxidation sites excluding steroid dienone is 1. The number of benzene rings is 1. The molecule has 0 aliphatic heterocycles. The van der Waals surface area contributed by atoms with Gasteiger partial charge >= 0.3 is 0 Å². The molecule has 1 aromatic rings. The number of hydrogen-bond acceptors (Lipinski definition) is 2. The first kappa shape index (κ1) is 16.2. The number of Topliss-reactive ketones (excluding diaryl/α,β-unsaturated/α-hetero) is 2. The summed E-state index contributed by atoms with van der Waals surface area (Å²) < 4.78 is 0. The number of rotatable bonds is 3. The van der Waals surface area contributed by atoms with E-state index in [0.29, 0.717) is 12.8 Å². The average molecular weight is 310 g/mol. The standard InChI is InChI=1S/C21H26O2/c1-14(22)21(18(23)13-19(2,3)20(21,4)5)12-15-10-16-8-6-7-9-17(16)11-15/h6-10H,11-13H2,1-5H3. The van der Waals surface area contributed by atoms with Gasteiger partial charge in [0.15, 0.2) is 0 Å². The van der Waals surface area contributed by atoms with Gasteiger partial charge in [0, 0.05) is 6.42 Å². The van der Waals surface area contributed by atoms with Gasteiger partial charge in [-0.1, -0.05) is 63.6 Å². The Morgan fingerprint density at radius 1 is 1.13 bits per heavy atom. The quantitative estimate of drug-likeness (QED) is 0.764. The van der Waals surface area contributed by atoms with Crippen LogP contribution in [0.2, 0.25) is 0 Å². The lowest BCUT2D eigenvalue weighted by atomic mass is 9.56. The van der Waals surface area contributed by atoms with Crippen LogP contribution in [-0.4, -0.2) is 11.6 Å². The highest BCUT2D eigenvalue weighted by Gasteiger charge is 2.66. The van der Waals surface area contributed by atoms with Crippen LogP contribution in [0.5, 0.6) is 0 Å². The number of hydrogen-bond donors (Lipinski definition) is 0. The molecule has 2 nitrogen and oxygen atoms in total. The minimum absolute atomic E-state index is 0.0231. The van der Waals surface area contributed by atoms with E-state index < -0.39 is 5.41 Å². The average Bonchev–Trinajstić information content (AvgIpc) is 2.90. The Morgan fingerprint density at radius 2 is 1.78 bits per heavy atom. The first-order valence-electron chi connectivity index (χ1n) is 8.43. The molecular formula is C21H26O2. The fraction of sp³-hybridized carbons (Fsp3) is 0.524. The second-order valence-electron chi connectivity index (χ2n) is 8.43. The molecule has 0 N–H and O–H groups in total. The molecule has 0 saturated heterocycles. The van der Waals surface area contributed by atoms with E-state index in [1.54, 1.807) is 6.92 Å². The van der Waals surface area contributed by atoms with Gasteiger partial charge in [-0.3, -0.25) is 9.59 Å². The Kier molecular flexibility index (Phi) is 3.44. The molecule has 1 fully saturated rings. The lowest BCUT2D eigenvalue weighted by molar-refractivity contribution is -0.144. The fourth-order valence-electron chi connectivity index (χ4n) is 4.59. The molecule has 1 aromatic carbocycles. The number of carbonyl (C=O) groups excluding carboxylic acids is 2. The van der Waals surface area contributed by atoms with Gasteiger partial charge in [0.2, 0.25) is 0 Å². The third kappa shape index (κ3) is 2.07. The summed E-state index contributed by atoms with van der Waals surface area (Å²) in [4.78, 5) is 25.7. The van der Waals surface area contributed by atoms with E-state index in [4.69, 9.17) is 0 Å². The first-order chi connectivity index (χ1) is 10.6. The summed E-state index contributed by atoms with van der Waals surface area (Å²) in [7, 11) is 0. The summed E-state index contributed by atoms with van der Waals surface area (Å²) in [5.41, 5.74) is 2.33. The van der Waals surface area contributed by atoms with Crippen molar-refractivity contribution in [3.63, 3.8) is 0 Å². The predicted octanol–water partition coefficient (Wildman–Crippen LogP) is 4.62. The zero-order valence-corrected chi connectivity index (χ0v) is 14.8. The van der Waals surface area contributed by atoms with Gasteiger partial charge in [-0.2, -0.15) is 0 Å². The van der Waals surface area contributed by atoms with E-state index in [-0.39, 0.29) is 22.4 Å². The molecule has 2 heteroatoms. The molecule has 0 spiro atoms. The molecule has 0 radical (unpaired) electrons. The highest BCUT2D eigenvalue weighted by Crippen LogP contribution is 2.63. The number of fused-ring (bicyclic) bond motifs is 1. The molecule has 2 aliphatic rings. The highest BCUT2D eigenvalue weighted by molar-refractivity contribution is 6.09. The second kappa shape index (κ2) is 4.90. The van der Waals surface area contributed by atoms with Crippen LogP contribution >= 0.6 is 0 Å². The van der Waals surface area contributed by atoms with Gasteiger partial charge in [-0.25, -0.2) is 0 Å². The Hall–Kier alpha value is -1.70. The smallest absolute Gasteiger partial charge is 0.147 e. The number of ketones is 2. The second-order valence-corrected chi connectivity index (χ2v) is 8.43. The van der Waals surface area contributed by atoms with Crippen LogP contribution in [0.4, 0.5) is 0 Å². The molecule has 2 aliphatic carbocycles. The van der Waals surface area contributed by atoms with E-state index >= 15 is 0 Å². The van der Waals surface area contributed by atoms with Gasteiger partial charge in [-0.15, -0.1) is 0 Å². The Bertz CT molecular complexity index is 721. The fourth-order valence-corrected chi connectivity index (χ4v) is 4.59. The molecule has 3 rings (SSSR count). The summed E-state index contributed by atoms with van der Waals surface area (Å²) in [6, 6.07) is 8.32. The van der Waals surface area contributed by atoms with Gasteiger partial charge in [0.25, 0.3) is 0 Å². The van der Waals surface area contributed by atoms with Gasteiger partial charge in [-0.05, 0) is 41.7 Å². The highest BCUT2D eigenvalue weighted by atomic mass is 16.2. The minimum atomic E-state index is -0.885. The molecule has 1 saturated carbocycles. The molecule has 0 heterocycles. The van der Waals surface area contributed by atoms with E-state index in [9.17, 15) is 9.59 Å². The van der Waals surface area contributed by atoms with Crippen molar-refractivity contribution in [1.82, 2.24) is 0 Å². The van der Waals surface area contributed by atoms with Crippen LogP contribution in [-0.2, 0) is 16.0 Å². The number of carbonyl (C=O) groups is 2. The third-order valence-corrected chi connectivity index (χ3v) is 6.76. The Balaban J connectivity index is 2.02. The summed E-state index contributed by atoms with van der Waals surface area (Å²) >= 11 is 0. The minimum Gasteiger partial charge on any atom is -0.299 e. The largest absolute Gasteiger partial charge is 0.299 e. The lowest BCUT2D eigenvalue weighted by Crippen LogP contribution is -2.48. The maximum atomic E-state index is 13.0. The van der Waals surface area contributed by atoms with Crippen LogP contribution in [0.1, 0.15) is 58.6 Å². The molecule has 122 valence electrons. The summed E-state index contributed by atoms with van der Waals surface area (Å²) in [6.45, 7) is 10.0. The van der Waals surface area contributed by atoms with Gasteiger partial charge in [0.1, 0.15) is 11.6 Å². The van der Waals surface area contributed by atoms with Crippen molar-refractivity contribution in [2.24, 2.45) is 16.2 Å². The molecular weight excluding hydrogens is 284 g/mol.